The maximum atomic E-state index is 13.0. The topological polar surface area (TPSA) is 78.9 Å². The van der Waals surface area contributed by atoms with E-state index in [0.717, 1.165) is 10.6 Å². The Balaban J connectivity index is 1.65. The van der Waals surface area contributed by atoms with Gasteiger partial charge in [-0.3, -0.25) is 14.2 Å². The Bertz CT molecular complexity index is 801. The van der Waals surface area contributed by atoms with Gasteiger partial charge in [0.15, 0.2) is 0 Å². The molecule has 0 bridgehead atoms. The number of halogens is 1. The highest BCUT2D eigenvalue weighted by Crippen LogP contribution is 2.49. The first kappa shape index (κ1) is 18.6. The highest BCUT2D eigenvalue weighted by molar-refractivity contribution is 7.61. The molecule has 0 spiro atoms. The molecule has 26 heavy (non-hydrogen) atoms. The van der Waals surface area contributed by atoms with E-state index in [1.807, 2.05) is 30.3 Å². The summed E-state index contributed by atoms with van der Waals surface area (Å²) in [6, 6.07) is 14.4. The molecule has 0 aliphatic carbocycles. The lowest BCUT2D eigenvalue weighted by molar-refractivity contribution is -0.196. The first-order valence-electron chi connectivity index (χ1n) is 8.30. The molecule has 6 nitrogen and oxygen atoms in total. The second-order valence-corrected chi connectivity index (χ2v) is 8.19. The third kappa shape index (κ3) is 4.49. The molecule has 1 saturated heterocycles. The van der Waals surface area contributed by atoms with Crippen molar-refractivity contribution in [3.63, 3.8) is 0 Å². The van der Waals surface area contributed by atoms with Gasteiger partial charge in [-0.2, -0.15) is 0 Å². The molecule has 1 aliphatic heterocycles. The molecule has 2 aromatic carbocycles. The average molecular weight is 378 g/mol. The van der Waals surface area contributed by atoms with Gasteiger partial charge in [0.1, 0.15) is 18.1 Å². The minimum absolute atomic E-state index is 0.209. The van der Waals surface area contributed by atoms with Crippen molar-refractivity contribution >= 4 is 19.1 Å². The van der Waals surface area contributed by atoms with E-state index in [4.69, 9.17) is 4.84 Å². The van der Waals surface area contributed by atoms with E-state index in [1.165, 1.54) is 24.3 Å². The Kier molecular flexibility index (Phi) is 5.71. The van der Waals surface area contributed by atoms with Crippen LogP contribution in [-0.2, 0) is 20.8 Å². The summed E-state index contributed by atoms with van der Waals surface area (Å²) >= 11 is 0. The van der Waals surface area contributed by atoms with E-state index in [1.54, 1.807) is 0 Å². The van der Waals surface area contributed by atoms with Crippen LogP contribution in [0.1, 0.15) is 18.4 Å². The van der Waals surface area contributed by atoms with Gasteiger partial charge in [0, 0.05) is 12.2 Å². The van der Waals surface area contributed by atoms with Crippen LogP contribution < -0.4 is 5.09 Å². The van der Waals surface area contributed by atoms with Crippen LogP contribution >= 0.6 is 7.52 Å². The molecule has 2 N–H and O–H groups in total. The number of hydrogen-bond acceptors (Lipinski definition) is 3. The van der Waals surface area contributed by atoms with Crippen molar-refractivity contribution < 1.29 is 23.5 Å². The summed E-state index contributed by atoms with van der Waals surface area (Å²) in [5.74, 6) is -0.967. The number of benzene rings is 2. The highest BCUT2D eigenvalue weighted by Gasteiger charge is 2.42. The van der Waals surface area contributed by atoms with Gasteiger partial charge in [-0.25, -0.2) is 9.45 Å². The third-order valence-electron chi connectivity index (χ3n) is 4.16. The molecule has 1 amide bonds. The zero-order chi connectivity index (χ0) is 18.6. The summed E-state index contributed by atoms with van der Waals surface area (Å²) in [7, 11) is -4.04. The minimum atomic E-state index is -4.04. The molecule has 0 radical (unpaired) electrons. The van der Waals surface area contributed by atoms with E-state index in [-0.39, 0.29) is 18.7 Å². The van der Waals surface area contributed by atoms with Crippen LogP contribution in [0.5, 0.6) is 0 Å². The van der Waals surface area contributed by atoms with Crippen LogP contribution in [0.25, 0.3) is 0 Å². The molecule has 0 aromatic heterocycles. The highest BCUT2D eigenvalue weighted by atomic mass is 31.2. The Morgan fingerprint density at radius 3 is 2.58 bits per heavy atom. The number of hydroxylamine groups is 2. The van der Waals surface area contributed by atoms with Gasteiger partial charge in [0.05, 0.1) is 0 Å². The minimum Gasteiger partial charge on any atom is -0.329 e. The van der Waals surface area contributed by atoms with Crippen LogP contribution in [-0.4, -0.2) is 28.1 Å². The van der Waals surface area contributed by atoms with Crippen LogP contribution in [0.4, 0.5) is 10.1 Å². The van der Waals surface area contributed by atoms with Gasteiger partial charge in [-0.15, -0.1) is 0 Å². The number of carbonyl (C=O) groups excluding carboxylic acids is 1. The number of nitrogens with one attached hydrogen (secondary N) is 1. The molecular formula is C18H20FN2O4P. The zero-order valence-corrected chi connectivity index (χ0v) is 14.9. The molecule has 2 unspecified atom stereocenters. The summed E-state index contributed by atoms with van der Waals surface area (Å²) in [5, 5.41) is 3.64. The fraction of sp³-hybridized carbons (Fsp3) is 0.278. The number of rotatable bonds is 6. The molecule has 8 heteroatoms. The maximum absolute atomic E-state index is 13.0. The summed E-state index contributed by atoms with van der Waals surface area (Å²) < 4.78 is 25.7. The third-order valence-corrected chi connectivity index (χ3v) is 6.06. The zero-order valence-electron chi connectivity index (χ0n) is 14.0. The lowest BCUT2D eigenvalue weighted by Crippen LogP contribution is -2.44. The molecule has 1 heterocycles. The monoisotopic (exact) mass is 378 g/mol. The molecular weight excluding hydrogens is 358 g/mol. The van der Waals surface area contributed by atoms with Crippen molar-refractivity contribution in [2.24, 2.45) is 0 Å². The average Bonchev–Trinajstić information content (AvgIpc) is 2.63. The van der Waals surface area contributed by atoms with Crippen molar-refractivity contribution in [3.05, 3.63) is 66.0 Å². The number of amides is 1. The van der Waals surface area contributed by atoms with Crippen LogP contribution in [0.2, 0.25) is 0 Å². The predicted octanol–water partition coefficient (Wildman–Crippen LogP) is 3.55. The van der Waals surface area contributed by atoms with E-state index in [0.29, 0.717) is 13.0 Å². The number of carbonyl (C=O) groups is 1. The lowest BCUT2D eigenvalue weighted by Gasteiger charge is -2.33. The van der Waals surface area contributed by atoms with E-state index in [9.17, 15) is 18.6 Å². The SMILES string of the molecule is O=C1C(P(=O)(O)Nc2ccc(F)cc2)CCCN1OCc1ccccc1. The maximum Gasteiger partial charge on any atom is 0.303 e. The van der Waals surface area contributed by atoms with Crippen molar-refractivity contribution in [1.82, 2.24) is 5.06 Å². The van der Waals surface area contributed by atoms with Crippen molar-refractivity contribution in [2.75, 3.05) is 11.6 Å². The Morgan fingerprint density at radius 1 is 1.19 bits per heavy atom. The number of nitrogens with zero attached hydrogens (tertiary/aromatic N) is 1. The fourth-order valence-corrected chi connectivity index (χ4v) is 4.43. The molecule has 1 aliphatic rings. The summed E-state index contributed by atoms with van der Waals surface area (Å²) in [4.78, 5) is 28.5. The molecule has 1 fully saturated rings. The van der Waals surface area contributed by atoms with Gasteiger partial charge in [-0.1, -0.05) is 30.3 Å². The first-order chi connectivity index (χ1) is 12.5. The number of anilines is 1. The van der Waals surface area contributed by atoms with Gasteiger partial charge >= 0.3 is 7.52 Å². The second kappa shape index (κ2) is 7.99. The lowest BCUT2D eigenvalue weighted by atomic mass is 10.1. The molecule has 0 saturated carbocycles. The number of piperidine rings is 1. The van der Waals surface area contributed by atoms with E-state index >= 15 is 0 Å². The smallest absolute Gasteiger partial charge is 0.303 e. The summed E-state index contributed by atoms with van der Waals surface area (Å²) in [5.41, 5.74) is 0.0866. The number of hydrogen-bond donors (Lipinski definition) is 2. The standard InChI is InChI=1S/C18H20FN2O4P/c19-15-8-10-16(11-9-15)20-26(23,24)17-7-4-12-21(18(17)22)25-13-14-5-2-1-3-6-14/h1-3,5-6,8-11,17H,4,7,12-13H2,(H2,20,23,24). The van der Waals surface area contributed by atoms with Crippen LogP contribution in [0, 0.1) is 5.82 Å². The van der Waals surface area contributed by atoms with Gasteiger partial charge in [0.2, 0.25) is 0 Å². The Labute approximate surface area is 151 Å². The van der Waals surface area contributed by atoms with Gasteiger partial charge in [0.25, 0.3) is 5.91 Å². The van der Waals surface area contributed by atoms with Crippen LogP contribution in [0.3, 0.4) is 0 Å². The Hall–Kier alpha value is -2.21. The fourth-order valence-electron chi connectivity index (χ4n) is 2.79. The molecule has 2 aromatic rings. The summed E-state index contributed by atoms with van der Waals surface area (Å²) in [6.45, 7) is 0.582. The largest absolute Gasteiger partial charge is 0.329 e. The normalized spacial score (nSPS) is 19.8. The molecule has 2 atom stereocenters. The van der Waals surface area contributed by atoms with Gasteiger partial charge in [-0.05, 0) is 42.7 Å². The predicted molar refractivity (Wildman–Crippen MR) is 95.8 cm³/mol. The van der Waals surface area contributed by atoms with Crippen molar-refractivity contribution in [3.8, 4) is 0 Å². The quantitative estimate of drug-likeness (QED) is 0.752. The van der Waals surface area contributed by atoms with Crippen molar-refractivity contribution in [1.29, 1.82) is 0 Å². The first-order valence-corrected chi connectivity index (χ1v) is 10.0. The summed E-state index contributed by atoms with van der Waals surface area (Å²) in [6.07, 6.45) is 0.840. The second-order valence-electron chi connectivity index (χ2n) is 6.10. The molecule has 138 valence electrons. The van der Waals surface area contributed by atoms with E-state index in [2.05, 4.69) is 5.09 Å². The van der Waals surface area contributed by atoms with Gasteiger partial charge < -0.3 is 9.98 Å². The van der Waals surface area contributed by atoms with E-state index < -0.39 is 24.9 Å². The van der Waals surface area contributed by atoms with Crippen LogP contribution in [0.15, 0.2) is 54.6 Å². The molecule has 3 rings (SSSR count). The Morgan fingerprint density at radius 2 is 1.88 bits per heavy atom. The van der Waals surface area contributed by atoms with Crippen molar-refractivity contribution in [2.45, 2.75) is 25.1 Å².